The molecule has 0 bridgehead atoms. The molecule has 0 saturated carbocycles. The van der Waals surface area contributed by atoms with Crippen molar-refractivity contribution in [3.63, 3.8) is 0 Å². The van der Waals surface area contributed by atoms with Crippen molar-refractivity contribution in [3.05, 3.63) is 41.4 Å². The normalized spacial score (nSPS) is 23.9. The molecule has 0 amide bonds. The first kappa shape index (κ1) is 11.8. The molecular weight excluding hydrogens is 218 g/mol. The molecule has 1 N–H and O–H groups in total. The third kappa shape index (κ3) is 1.65. The van der Waals surface area contributed by atoms with Gasteiger partial charge in [0.25, 0.3) is 0 Å². The van der Waals surface area contributed by atoms with Gasteiger partial charge in [0.2, 0.25) is 11.4 Å². The molecule has 0 spiro atoms. The second-order valence-corrected chi connectivity index (χ2v) is 4.38. The van der Waals surface area contributed by atoms with Crippen molar-refractivity contribution < 1.29 is 14.6 Å². The smallest absolute Gasteiger partial charge is 0.227 e. The van der Waals surface area contributed by atoms with Crippen LogP contribution in [0.5, 0.6) is 0 Å². The molecule has 1 aromatic heterocycles. The number of ether oxygens (including phenoxy) is 1. The minimum atomic E-state index is -1.70. The first-order chi connectivity index (χ1) is 7.98. The largest absolute Gasteiger partial charge is 0.491 e. The Hall–Kier alpha value is -1.68. The van der Waals surface area contributed by atoms with Crippen molar-refractivity contribution in [2.75, 3.05) is 0 Å². The summed E-state index contributed by atoms with van der Waals surface area (Å²) in [4.78, 5) is 15.9. The van der Waals surface area contributed by atoms with Crippen LogP contribution in [0.3, 0.4) is 0 Å². The van der Waals surface area contributed by atoms with Gasteiger partial charge in [-0.2, -0.15) is 0 Å². The molecule has 4 heteroatoms. The van der Waals surface area contributed by atoms with E-state index in [-0.39, 0.29) is 11.9 Å². The van der Waals surface area contributed by atoms with Gasteiger partial charge in [0.1, 0.15) is 5.76 Å². The SMILES string of the molecule is CC1=C(OC(C)C)C(O)(c2ccccn2)C1=O. The molecule has 90 valence electrons. The van der Waals surface area contributed by atoms with Crippen LogP contribution in [0.15, 0.2) is 35.7 Å². The summed E-state index contributed by atoms with van der Waals surface area (Å²) in [5.74, 6) is -0.0250. The molecule has 2 rings (SSSR count). The number of ketones is 1. The van der Waals surface area contributed by atoms with Gasteiger partial charge in [-0.05, 0) is 32.9 Å². The first-order valence-corrected chi connectivity index (χ1v) is 5.54. The van der Waals surface area contributed by atoms with Crippen LogP contribution in [-0.2, 0) is 15.1 Å². The molecule has 0 saturated heterocycles. The average Bonchev–Trinajstić information content (AvgIpc) is 2.35. The van der Waals surface area contributed by atoms with Gasteiger partial charge in [0.05, 0.1) is 11.8 Å². The summed E-state index contributed by atoms with van der Waals surface area (Å²) in [6.45, 7) is 5.35. The molecule has 0 aliphatic heterocycles. The Balaban J connectivity index is 2.43. The van der Waals surface area contributed by atoms with E-state index in [0.29, 0.717) is 17.0 Å². The quantitative estimate of drug-likeness (QED) is 0.860. The maximum Gasteiger partial charge on any atom is 0.227 e. The van der Waals surface area contributed by atoms with E-state index >= 15 is 0 Å². The molecule has 1 unspecified atom stereocenters. The van der Waals surface area contributed by atoms with E-state index in [1.165, 1.54) is 0 Å². The molecule has 4 nitrogen and oxygen atoms in total. The highest BCUT2D eigenvalue weighted by atomic mass is 16.5. The third-order valence-electron chi connectivity index (χ3n) is 2.73. The minimum Gasteiger partial charge on any atom is -0.491 e. The summed E-state index contributed by atoms with van der Waals surface area (Å²) < 4.78 is 5.51. The number of carbonyl (C=O) groups is 1. The van der Waals surface area contributed by atoms with Crippen molar-refractivity contribution in [1.29, 1.82) is 0 Å². The van der Waals surface area contributed by atoms with E-state index in [0.717, 1.165) is 0 Å². The molecule has 1 atom stereocenters. The van der Waals surface area contributed by atoms with E-state index in [1.807, 2.05) is 13.8 Å². The molecule has 1 aliphatic rings. The number of pyridine rings is 1. The van der Waals surface area contributed by atoms with Gasteiger partial charge in [0, 0.05) is 11.8 Å². The first-order valence-electron chi connectivity index (χ1n) is 5.54. The molecule has 1 aliphatic carbocycles. The molecule has 0 fully saturated rings. The van der Waals surface area contributed by atoms with Crippen LogP contribution in [0, 0.1) is 0 Å². The Labute approximate surface area is 99.9 Å². The maximum atomic E-state index is 11.8. The molecule has 0 radical (unpaired) electrons. The number of hydrogen-bond acceptors (Lipinski definition) is 4. The van der Waals surface area contributed by atoms with Gasteiger partial charge in [0.15, 0.2) is 0 Å². The zero-order chi connectivity index (χ0) is 12.6. The van der Waals surface area contributed by atoms with E-state index in [4.69, 9.17) is 4.74 Å². The standard InChI is InChI=1S/C13H15NO3/c1-8(2)17-12-9(3)11(15)13(12,16)10-6-4-5-7-14-10/h4-8,16H,1-3H3. The average molecular weight is 233 g/mol. The lowest BCUT2D eigenvalue weighted by Crippen LogP contribution is -2.49. The Morgan fingerprint density at radius 1 is 1.41 bits per heavy atom. The predicted octanol–water partition coefficient (Wildman–Crippen LogP) is 1.55. The van der Waals surface area contributed by atoms with Crippen LogP contribution in [0.25, 0.3) is 0 Å². The van der Waals surface area contributed by atoms with Crippen molar-refractivity contribution in [2.24, 2.45) is 0 Å². The van der Waals surface area contributed by atoms with Crippen LogP contribution in [-0.4, -0.2) is 22.0 Å². The van der Waals surface area contributed by atoms with Crippen LogP contribution in [0.1, 0.15) is 26.5 Å². The highest BCUT2D eigenvalue weighted by Crippen LogP contribution is 2.43. The van der Waals surface area contributed by atoms with Gasteiger partial charge < -0.3 is 9.84 Å². The summed E-state index contributed by atoms with van der Waals surface area (Å²) in [6, 6.07) is 5.08. The Bertz CT molecular complexity index is 479. The van der Waals surface area contributed by atoms with Gasteiger partial charge in [-0.25, -0.2) is 0 Å². The highest BCUT2D eigenvalue weighted by molar-refractivity contribution is 6.11. The summed E-state index contributed by atoms with van der Waals surface area (Å²) in [6.07, 6.45) is 1.45. The van der Waals surface area contributed by atoms with E-state index < -0.39 is 5.60 Å². The van der Waals surface area contributed by atoms with Crippen LogP contribution in [0.4, 0.5) is 0 Å². The van der Waals surface area contributed by atoms with Gasteiger partial charge >= 0.3 is 0 Å². The number of rotatable bonds is 3. The second-order valence-electron chi connectivity index (χ2n) is 4.38. The van der Waals surface area contributed by atoms with Crippen LogP contribution >= 0.6 is 0 Å². The Kier molecular flexibility index (Phi) is 2.75. The third-order valence-corrected chi connectivity index (χ3v) is 2.73. The topological polar surface area (TPSA) is 59.4 Å². The summed E-state index contributed by atoms with van der Waals surface area (Å²) >= 11 is 0. The number of aliphatic hydroxyl groups is 1. The van der Waals surface area contributed by atoms with Crippen molar-refractivity contribution in [1.82, 2.24) is 4.98 Å². The lowest BCUT2D eigenvalue weighted by molar-refractivity contribution is -0.143. The van der Waals surface area contributed by atoms with E-state index in [2.05, 4.69) is 4.98 Å². The fraction of sp³-hybridized carbons (Fsp3) is 0.385. The molecule has 0 aromatic carbocycles. The number of carbonyl (C=O) groups excluding carboxylic acids is 1. The van der Waals surface area contributed by atoms with Gasteiger partial charge in [-0.3, -0.25) is 9.78 Å². The zero-order valence-corrected chi connectivity index (χ0v) is 10.1. The van der Waals surface area contributed by atoms with Crippen LogP contribution in [0.2, 0.25) is 0 Å². The van der Waals surface area contributed by atoms with Crippen LogP contribution < -0.4 is 0 Å². The lowest BCUT2D eigenvalue weighted by atomic mass is 9.76. The monoisotopic (exact) mass is 233 g/mol. The van der Waals surface area contributed by atoms with Crippen molar-refractivity contribution in [3.8, 4) is 0 Å². The summed E-state index contributed by atoms with van der Waals surface area (Å²) in [5, 5.41) is 10.4. The van der Waals surface area contributed by atoms with Gasteiger partial charge in [-0.1, -0.05) is 6.07 Å². The Morgan fingerprint density at radius 2 is 2.12 bits per heavy atom. The van der Waals surface area contributed by atoms with E-state index in [9.17, 15) is 9.90 Å². The fourth-order valence-electron chi connectivity index (χ4n) is 1.91. The van der Waals surface area contributed by atoms with E-state index in [1.54, 1.807) is 31.3 Å². The lowest BCUT2D eigenvalue weighted by Gasteiger charge is -2.38. The van der Waals surface area contributed by atoms with Crippen molar-refractivity contribution in [2.45, 2.75) is 32.5 Å². The summed E-state index contributed by atoms with van der Waals surface area (Å²) in [7, 11) is 0. The maximum absolute atomic E-state index is 11.8. The molecule has 1 heterocycles. The predicted molar refractivity (Wildman–Crippen MR) is 62.1 cm³/mol. The summed E-state index contributed by atoms with van der Waals surface area (Å²) in [5.41, 5.74) is -0.923. The number of Topliss-reactive ketones (excluding diaryl/α,β-unsaturated/α-hetero) is 1. The zero-order valence-electron chi connectivity index (χ0n) is 10.1. The fourth-order valence-corrected chi connectivity index (χ4v) is 1.91. The number of hydrogen-bond donors (Lipinski definition) is 1. The molecular formula is C13H15NO3. The minimum absolute atomic E-state index is 0.0942. The number of nitrogens with zero attached hydrogens (tertiary/aromatic N) is 1. The molecule has 17 heavy (non-hydrogen) atoms. The van der Waals surface area contributed by atoms with Crippen molar-refractivity contribution >= 4 is 5.78 Å². The second kappa shape index (κ2) is 3.96. The van der Waals surface area contributed by atoms with Gasteiger partial charge in [-0.15, -0.1) is 0 Å². The Morgan fingerprint density at radius 3 is 2.65 bits per heavy atom. The number of aromatic nitrogens is 1. The molecule has 1 aromatic rings. The highest BCUT2D eigenvalue weighted by Gasteiger charge is 2.55.